The van der Waals surface area contributed by atoms with Crippen LogP contribution in [0, 0.1) is 0 Å². The smallest absolute Gasteiger partial charge is 0.224 e. The van der Waals surface area contributed by atoms with Crippen LogP contribution in [-0.4, -0.2) is 12.5 Å². The predicted octanol–water partition coefficient (Wildman–Crippen LogP) is 5.54. The van der Waals surface area contributed by atoms with Crippen LogP contribution in [-0.2, 0) is 10.2 Å². The van der Waals surface area contributed by atoms with E-state index in [9.17, 15) is 4.79 Å². The molecule has 1 amide bonds. The van der Waals surface area contributed by atoms with Gasteiger partial charge in [-0.05, 0) is 47.7 Å². The molecule has 3 nitrogen and oxygen atoms in total. The summed E-state index contributed by atoms with van der Waals surface area (Å²) in [6, 6.07) is 15.7. The Morgan fingerprint density at radius 2 is 1.83 bits per heavy atom. The van der Waals surface area contributed by atoms with Crippen molar-refractivity contribution in [3.63, 3.8) is 0 Å². The van der Waals surface area contributed by atoms with E-state index in [0.717, 1.165) is 15.9 Å². The first-order valence-corrected chi connectivity index (χ1v) is 8.93. The minimum absolute atomic E-state index is 0.000203. The molecule has 0 aliphatic heterocycles. The molecule has 4 heteroatoms. The molecule has 2 aromatic carbocycles. The summed E-state index contributed by atoms with van der Waals surface area (Å²) in [5.41, 5.74) is 2.22. The third kappa shape index (κ3) is 6.00. The molecule has 0 saturated heterocycles. The zero-order chi connectivity index (χ0) is 17.6. The molecule has 24 heavy (non-hydrogen) atoms. The highest BCUT2D eigenvalue weighted by atomic mass is 79.9. The standard InChI is InChI=1S/C20H24BrNO2/c1-20(2,3)15-9-11-18(12-10-15)24-13-5-8-19(23)22-17-7-4-6-16(21)14-17/h4,6-7,9-12,14H,5,8,13H2,1-3H3,(H,22,23). The summed E-state index contributed by atoms with van der Waals surface area (Å²) in [5.74, 6) is 0.843. The molecular formula is C20H24BrNO2. The lowest BCUT2D eigenvalue weighted by Crippen LogP contribution is -2.13. The molecule has 1 N–H and O–H groups in total. The van der Waals surface area contributed by atoms with Gasteiger partial charge >= 0.3 is 0 Å². The first-order valence-electron chi connectivity index (χ1n) is 8.13. The molecule has 128 valence electrons. The maximum atomic E-state index is 11.9. The van der Waals surface area contributed by atoms with E-state index >= 15 is 0 Å². The SMILES string of the molecule is CC(C)(C)c1ccc(OCCCC(=O)Nc2cccc(Br)c2)cc1. The summed E-state index contributed by atoms with van der Waals surface area (Å²) in [4.78, 5) is 11.9. The van der Waals surface area contributed by atoms with Gasteiger partial charge in [0, 0.05) is 16.6 Å². The molecule has 0 unspecified atom stereocenters. The zero-order valence-electron chi connectivity index (χ0n) is 14.4. The highest BCUT2D eigenvalue weighted by Crippen LogP contribution is 2.24. The van der Waals surface area contributed by atoms with E-state index in [1.165, 1.54) is 5.56 Å². The van der Waals surface area contributed by atoms with Crippen LogP contribution in [0.3, 0.4) is 0 Å². The largest absolute Gasteiger partial charge is 0.494 e. The number of hydrogen-bond donors (Lipinski definition) is 1. The fourth-order valence-corrected chi connectivity index (χ4v) is 2.66. The predicted molar refractivity (Wildman–Crippen MR) is 103 cm³/mol. The third-order valence-electron chi connectivity index (χ3n) is 3.65. The summed E-state index contributed by atoms with van der Waals surface area (Å²) in [6.45, 7) is 7.09. The van der Waals surface area contributed by atoms with Crippen molar-refractivity contribution < 1.29 is 9.53 Å². The van der Waals surface area contributed by atoms with Gasteiger partial charge in [0.15, 0.2) is 0 Å². The Kier molecular flexibility index (Phi) is 6.44. The second-order valence-corrected chi connectivity index (χ2v) is 7.70. The molecule has 0 fully saturated rings. The van der Waals surface area contributed by atoms with Crippen LogP contribution in [0.5, 0.6) is 5.75 Å². The Hall–Kier alpha value is -1.81. The van der Waals surface area contributed by atoms with E-state index in [2.05, 4.69) is 54.2 Å². The Balaban J connectivity index is 1.71. The van der Waals surface area contributed by atoms with Gasteiger partial charge in [-0.1, -0.05) is 54.9 Å². The maximum Gasteiger partial charge on any atom is 0.224 e. The van der Waals surface area contributed by atoms with Gasteiger partial charge in [0.05, 0.1) is 6.61 Å². The first-order chi connectivity index (χ1) is 11.3. The van der Waals surface area contributed by atoms with Crippen LogP contribution in [0.25, 0.3) is 0 Å². The lowest BCUT2D eigenvalue weighted by Gasteiger charge is -2.19. The summed E-state index contributed by atoms with van der Waals surface area (Å²) in [7, 11) is 0. The number of benzene rings is 2. The van der Waals surface area contributed by atoms with Crippen LogP contribution in [0.2, 0.25) is 0 Å². The van der Waals surface area contributed by atoms with Gasteiger partial charge in [-0.2, -0.15) is 0 Å². The number of hydrogen-bond acceptors (Lipinski definition) is 2. The van der Waals surface area contributed by atoms with E-state index in [0.29, 0.717) is 19.4 Å². The van der Waals surface area contributed by atoms with Crippen molar-refractivity contribution in [1.29, 1.82) is 0 Å². The van der Waals surface area contributed by atoms with Gasteiger partial charge in [0.2, 0.25) is 5.91 Å². The fourth-order valence-electron chi connectivity index (χ4n) is 2.26. The van der Waals surface area contributed by atoms with Crippen LogP contribution in [0.4, 0.5) is 5.69 Å². The second kappa shape index (κ2) is 8.34. The van der Waals surface area contributed by atoms with E-state index in [4.69, 9.17) is 4.74 Å². The number of anilines is 1. The molecule has 0 saturated carbocycles. The number of nitrogens with one attached hydrogen (secondary N) is 1. The lowest BCUT2D eigenvalue weighted by atomic mass is 9.87. The Morgan fingerprint density at radius 1 is 1.12 bits per heavy atom. The summed E-state index contributed by atoms with van der Waals surface area (Å²) in [6.07, 6.45) is 1.12. The summed E-state index contributed by atoms with van der Waals surface area (Å²) in [5, 5.41) is 2.88. The van der Waals surface area contributed by atoms with Gasteiger partial charge < -0.3 is 10.1 Å². The van der Waals surface area contributed by atoms with Gasteiger partial charge in [-0.25, -0.2) is 0 Å². The number of rotatable bonds is 6. The van der Waals surface area contributed by atoms with Gasteiger partial charge in [0.25, 0.3) is 0 Å². The van der Waals surface area contributed by atoms with Crippen molar-refractivity contribution in [2.45, 2.75) is 39.0 Å². The number of carbonyl (C=O) groups excluding carboxylic acids is 1. The molecule has 0 atom stereocenters. The molecule has 0 aliphatic rings. The van der Waals surface area contributed by atoms with Crippen molar-refractivity contribution in [1.82, 2.24) is 0 Å². The van der Waals surface area contributed by atoms with Crippen molar-refractivity contribution in [3.8, 4) is 5.75 Å². The first kappa shape index (κ1) is 18.5. The molecule has 0 aromatic heterocycles. The second-order valence-electron chi connectivity index (χ2n) is 6.78. The zero-order valence-corrected chi connectivity index (χ0v) is 16.0. The summed E-state index contributed by atoms with van der Waals surface area (Å²) < 4.78 is 6.65. The number of carbonyl (C=O) groups is 1. The number of ether oxygens (including phenoxy) is 1. The molecule has 2 rings (SSSR count). The third-order valence-corrected chi connectivity index (χ3v) is 4.14. The number of amides is 1. The quantitative estimate of drug-likeness (QED) is 0.658. The van der Waals surface area contributed by atoms with E-state index < -0.39 is 0 Å². The van der Waals surface area contributed by atoms with Crippen LogP contribution >= 0.6 is 15.9 Å². The van der Waals surface area contributed by atoms with Crippen LogP contribution in [0.15, 0.2) is 53.0 Å². The summed E-state index contributed by atoms with van der Waals surface area (Å²) >= 11 is 3.39. The van der Waals surface area contributed by atoms with Gasteiger partial charge in [-0.15, -0.1) is 0 Å². The average molecular weight is 390 g/mol. The van der Waals surface area contributed by atoms with Crippen LogP contribution < -0.4 is 10.1 Å². The topological polar surface area (TPSA) is 38.3 Å². The molecule has 0 bridgehead atoms. The molecule has 2 aromatic rings. The molecule has 0 heterocycles. The minimum atomic E-state index is -0.000203. The van der Waals surface area contributed by atoms with Crippen molar-refractivity contribution >= 4 is 27.5 Å². The molecule has 0 spiro atoms. The maximum absolute atomic E-state index is 11.9. The monoisotopic (exact) mass is 389 g/mol. The van der Waals surface area contributed by atoms with E-state index in [1.54, 1.807) is 0 Å². The average Bonchev–Trinajstić information content (AvgIpc) is 2.51. The van der Waals surface area contributed by atoms with Crippen molar-refractivity contribution in [2.75, 3.05) is 11.9 Å². The Labute approximate surface area is 152 Å². The fraction of sp³-hybridized carbons (Fsp3) is 0.350. The normalized spacial score (nSPS) is 11.2. The molecule has 0 radical (unpaired) electrons. The van der Waals surface area contributed by atoms with Gasteiger partial charge in [0.1, 0.15) is 5.75 Å². The van der Waals surface area contributed by atoms with Crippen molar-refractivity contribution in [2.24, 2.45) is 0 Å². The number of halogens is 1. The molecule has 0 aliphatic carbocycles. The van der Waals surface area contributed by atoms with E-state index in [-0.39, 0.29) is 11.3 Å². The van der Waals surface area contributed by atoms with Gasteiger partial charge in [-0.3, -0.25) is 4.79 Å². The Bertz CT molecular complexity index is 675. The van der Waals surface area contributed by atoms with Crippen molar-refractivity contribution in [3.05, 3.63) is 58.6 Å². The highest BCUT2D eigenvalue weighted by Gasteiger charge is 2.12. The minimum Gasteiger partial charge on any atom is -0.494 e. The Morgan fingerprint density at radius 3 is 2.46 bits per heavy atom. The highest BCUT2D eigenvalue weighted by molar-refractivity contribution is 9.10. The van der Waals surface area contributed by atoms with Crippen LogP contribution in [0.1, 0.15) is 39.2 Å². The van der Waals surface area contributed by atoms with E-state index in [1.807, 2.05) is 36.4 Å². The molecular weight excluding hydrogens is 366 g/mol. The lowest BCUT2D eigenvalue weighted by molar-refractivity contribution is -0.116.